The van der Waals surface area contributed by atoms with Gasteiger partial charge in [0.25, 0.3) is 5.91 Å². The van der Waals surface area contributed by atoms with Crippen LogP contribution in [0.4, 0.5) is 5.69 Å². The zero-order valence-electron chi connectivity index (χ0n) is 13.7. The van der Waals surface area contributed by atoms with E-state index in [1.807, 2.05) is 47.4 Å². The Labute approximate surface area is 160 Å². The van der Waals surface area contributed by atoms with Gasteiger partial charge in [0.05, 0.1) is 11.3 Å². The lowest BCUT2D eigenvalue weighted by atomic mass is 10.2. The number of benzene rings is 2. The van der Waals surface area contributed by atoms with Crippen LogP contribution >= 0.6 is 27.7 Å². The molecule has 0 aromatic heterocycles. The van der Waals surface area contributed by atoms with Gasteiger partial charge in [0.2, 0.25) is 5.91 Å². The lowest BCUT2D eigenvalue weighted by Gasteiger charge is -2.15. The maximum Gasteiger partial charge on any atom is 0.256 e. The van der Waals surface area contributed by atoms with Gasteiger partial charge in [-0.3, -0.25) is 9.59 Å². The van der Waals surface area contributed by atoms with Gasteiger partial charge >= 0.3 is 0 Å². The van der Waals surface area contributed by atoms with Crippen molar-refractivity contribution in [2.45, 2.75) is 17.7 Å². The number of likely N-dealkylation sites (tertiary alicyclic amines) is 1. The standard InChI is InChI=1S/C19H19BrN2O2S/c20-14-6-5-7-15(12-14)21-19(24)16-8-1-2-9-17(16)25-13-18(23)22-10-3-4-11-22/h1-2,5-9,12H,3-4,10-11,13H2,(H,21,24). The average Bonchev–Trinajstić information content (AvgIpc) is 3.14. The molecule has 2 aromatic rings. The number of hydrogen-bond acceptors (Lipinski definition) is 3. The fraction of sp³-hybridized carbons (Fsp3) is 0.263. The van der Waals surface area contributed by atoms with Crippen molar-refractivity contribution >= 4 is 45.2 Å². The Hall–Kier alpha value is -1.79. The van der Waals surface area contributed by atoms with Gasteiger partial charge in [0, 0.05) is 28.1 Å². The van der Waals surface area contributed by atoms with Gasteiger partial charge in [-0.25, -0.2) is 0 Å². The summed E-state index contributed by atoms with van der Waals surface area (Å²) in [6, 6.07) is 14.9. The zero-order chi connectivity index (χ0) is 17.6. The van der Waals surface area contributed by atoms with Crippen LogP contribution in [0.3, 0.4) is 0 Å². The lowest BCUT2D eigenvalue weighted by molar-refractivity contribution is -0.127. The fourth-order valence-corrected chi connectivity index (χ4v) is 4.09. The molecule has 0 atom stereocenters. The summed E-state index contributed by atoms with van der Waals surface area (Å²) in [5.74, 6) is 0.334. The number of halogens is 1. The van der Waals surface area contributed by atoms with Crippen molar-refractivity contribution < 1.29 is 9.59 Å². The number of thioether (sulfide) groups is 1. The first-order chi connectivity index (χ1) is 12.1. The molecule has 1 aliphatic heterocycles. The molecule has 0 unspecified atom stereocenters. The van der Waals surface area contributed by atoms with E-state index in [1.165, 1.54) is 11.8 Å². The summed E-state index contributed by atoms with van der Waals surface area (Å²) in [6.45, 7) is 1.70. The monoisotopic (exact) mass is 418 g/mol. The van der Waals surface area contributed by atoms with Crippen LogP contribution in [0.25, 0.3) is 0 Å². The van der Waals surface area contributed by atoms with Crippen LogP contribution in [-0.4, -0.2) is 35.6 Å². The topological polar surface area (TPSA) is 49.4 Å². The van der Waals surface area contributed by atoms with E-state index in [1.54, 1.807) is 6.07 Å². The highest BCUT2D eigenvalue weighted by Crippen LogP contribution is 2.25. The van der Waals surface area contributed by atoms with Crippen molar-refractivity contribution in [3.63, 3.8) is 0 Å². The molecule has 0 spiro atoms. The van der Waals surface area contributed by atoms with Crippen molar-refractivity contribution in [2.75, 3.05) is 24.2 Å². The van der Waals surface area contributed by atoms with Gasteiger partial charge in [0.15, 0.2) is 0 Å². The smallest absolute Gasteiger partial charge is 0.256 e. The first kappa shape index (κ1) is 18.0. The number of amides is 2. The molecule has 2 aromatic carbocycles. The van der Waals surface area contributed by atoms with Crippen molar-refractivity contribution in [3.8, 4) is 0 Å². The second-order valence-electron chi connectivity index (χ2n) is 5.84. The summed E-state index contributed by atoms with van der Waals surface area (Å²) in [4.78, 5) is 27.6. The molecule has 4 nitrogen and oxygen atoms in total. The first-order valence-electron chi connectivity index (χ1n) is 8.20. The third-order valence-corrected chi connectivity index (χ3v) is 5.58. The fourth-order valence-electron chi connectivity index (χ4n) is 2.74. The summed E-state index contributed by atoms with van der Waals surface area (Å²) < 4.78 is 0.907. The molecule has 2 amide bonds. The zero-order valence-corrected chi connectivity index (χ0v) is 16.1. The van der Waals surface area contributed by atoms with Gasteiger partial charge in [-0.2, -0.15) is 0 Å². The Kier molecular flexibility index (Phi) is 6.15. The number of carbonyl (C=O) groups excluding carboxylic acids is 2. The highest BCUT2D eigenvalue weighted by atomic mass is 79.9. The van der Waals surface area contributed by atoms with Crippen LogP contribution in [0, 0.1) is 0 Å². The Morgan fingerprint density at radius 1 is 1.08 bits per heavy atom. The largest absolute Gasteiger partial charge is 0.342 e. The number of rotatable bonds is 5. The predicted octanol–water partition coefficient (Wildman–Crippen LogP) is 4.42. The molecule has 0 bridgehead atoms. The van der Waals surface area contributed by atoms with Crippen LogP contribution in [-0.2, 0) is 4.79 Å². The predicted molar refractivity (Wildman–Crippen MR) is 105 cm³/mol. The van der Waals surface area contributed by atoms with Gasteiger partial charge < -0.3 is 10.2 Å². The Bertz CT molecular complexity index is 776. The van der Waals surface area contributed by atoms with Crippen LogP contribution in [0.2, 0.25) is 0 Å². The number of carbonyl (C=O) groups is 2. The number of anilines is 1. The summed E-state index contributed by atoms with van der Waals surface area (Å²) in [5, 5.41) is 2.90. The van der Waals surface area contributed by atoms with E-state index < -0.39 is 0 Å². The highest BCUT2D eigenvalue weighted by molar-refractivity contribution is 9.10. The van der Waals surface area contributed by atoms with Crippen molar-refractivity contribution in [1.82, 2.24) is 4.90 Å². The van der Waals surface area contributed by atoms with E-state index in [4.69, 9.17) is 0 Å². The minimum absolute atomic E-state index is 0.143. The SMILES string of the molecule is O=C(Nc1cccc(Br)c1)c1ccccc1SCC(=O)N1CCCC1. The van der Waals surface area contributed by atoms with Crippen LogP contribution in [0.1, 0.15) is 23.2 Å². The van der Waals surface area contributed by atoms with E-state index in [9.17, 15) is 9.59 Å². The van der Waals surface area contributed by atoms with E-state index in [-0.39, 0.29) is 11.8 Å². The molecular formula is C19H19BrN2O2S. The molecule has 0 aliphatic carbocycles. The summed E-state index contributed by atoms with van der Waals surface area (Å²) in [5.41, 5.74) is 1.31. The number of hydrogen-bond donors (Lipinski definition) is 1. The van der Waals surface area contributed by atoms with Crippen LogP contribution < -0.4 is 5.32 Å². The van der Waals surface area contributed by atoms with Crippen molar-refractivity contribution in [1.29, 1.82) is 0 Å². The average molecular weight is 419 g/mol. The number of nitrogens with one attached hydrogen (secondary N) is 1. The minimum atomic E-state index is -0.171. The number of nitrogens with zero attached hydrogens (tertiary/aromatic N) is 1. The molecule has 25 heavy (non-hydrogen) atoms. The maximum absolute atomic E-state index is 12.6. The Morgan fingerprint density at radius 3 is 2.60 bits per heavy atom. The molecule has 1 aliphatic rings. The van der Waals surface area contributed by atoms with Crippen molar-refractivity contribution in [2.24, 2.45) is 0 Å². The molecule has 130 valence electrons. The van der Waals surface area contributed by atoms with E-state index in [0.29, 0.717) is 11.3 Å². The van der Waals surface area contributed by atoms with Gasteiger partial charge in [-0.15, -0.1) is 11.8 Å². The van der Waals surface area contributed by atoms with E-state index in [2.05, 4.69) is 21.2 Å². The molecule has 1 N–H and O–H groups in total. The first-order valence-corrected chi connectivity index (χ1v) is 9.98. The van der Waals surface area contributed by atoms with Crippen LogP contribution in [0.15, 0.2) is 57.9 Å². The van der Waals surface area contributed by atoms with Crippen LogP contribution in [0.5, 0.6) is 0 Å². The molecule has 1 fully saturated rings. The normalized spacial score (nSPS) is 13.7. The molecule has 0 radical (unpaired) electrons. The van der Waals surface area contributed by atoms with E-state index >= 15 is 0 Å². The molecule has 1 heterocycles. The molecule has 3 rings (SSSR count). The lowest BCUT2D eigenvalue weighted by Crippen LogP contribution is -2.29. The molecule has 0 saturated carbocycles. The molecular weight excluding hydrogens is 400 g/mol. The molecule has 1 saturated heterocycles. The second-order valence-corrected chi connectivity index (χ2v) is 7.77. The second kappa shape index (κ2) is 8.54. The van der Waals surface area contributed by atoms with Gasteiger partial charge in [-0.1, -0.05) is 34.1 Å². The van der Waals surface area contributed by atoms with Gasteiger partial charge in [0.1, 0.15) is 0 Å². The minimum Gasteiger partial charge on any atom is -0.342 e. The maximum atomic E-state index is 12.6. The third kappa shape index (κ3) is 4.86. The van der Waals surface area contributed by atoms with Gasteiger partial charge in [-0.05, 0) is 43.2 Å². The summed E-state index contributed by atoms with van der Waals surface area (Å²) >= 11 is 4.82. The summed E-state index contributed by atoms with van der Waals surface area (Å²) in [7, 11) is 0. The Morgan fingerprint density at radius 2 is 1.84 bits per heavy atom. The quantitative estimate of drug-likeness (QED) is 0.731. The van der Waals surface area contributed by atoms with E-state index in [0.717, 1.165) is 41.0 Å². The Balaban J connectivity index is 1.67. The van der Waals surface area contributed by atoms with Crippen molar-refractivity contribution in [3.05, 3.63) is 58.6 Å². The molecule has 6 heteroatoms. The highest BCUT2D eigenvalue weighted by Gasteiger charge is 2.19. The summed E-state index contributed by atoms with van der Waals surface area (Å²) in [6.07, 6.45) is 2.17. The third-order valence-electron chi connectivity index (χ3n) is 4.02.